The minimum atomic E-state index is -0.662. The van der Waals surface area contributed by atoms with Crippen LogP contribution in [-0.4, -0.2) is 39.0 Å². The Balaban J connectivity index is 1.52. The Morgan fingerprint density at radius 1 is 1.55 bits per heavy atom. The summed E-state index contributed by atoms with van der Waals surface area (Å²) in [7, 11) is 0. The van der Waals surface area contributed by atoms with Crippen LogP contribution in [0.4, 0.5) is 0 Å². The lowest BCUT2D eigenvalue weighted by Gasteiger charge is -2.40. The Labute approximate surface area is 117 Å². The van der Waals surface area contributed by atoms with Crippen LogP contribution in [-0.2, 0) is 4.79 Å². The number of carbonyl (C=O) groups excluding carboxylic acids is 1. The van der Waals surface area contributed by atoms with Crippen LogP contribution in [0.3, 0.4) is 0 Å². The van der Waals surface area contributed by atoms with Gasteiger partial charge in [0.2, 0.25) is 5.91 Å². The van der Waals surface area contributed by atoms with E-state index in [-0.39, 0.29) is 24.0 Å². The Morgan fingerprint density at radius 3 is 3.00 bits per heavy atom. The topological polar surface area (TPSA) is 87.2 Å². The zero-order valence-corrected chi connectivity index (χ0v) is 11.6. The summed E-state index contributed by atoms with van der Waals surface area (Å²) < 4.78 is 5.84. The summed E-state index contributed by atoms with van der Waals surface area (Å²) in [5.74, 6) is 0.701. The molecule has 0 aliphatic heterocycles. The van der Waals surface area contributed by atoms with Gasteiger partial charge in [-0.25, -0.2) is 0 Å². The van der Waals surface area contributed by atoms with Gasteiger partial charge in [-0.15, -0.1) is 0 Å². The highest BCUT2D eigenvalue weighted by molar-refractivity contribution is 5.80. The van der Waals surface area contributed by atoms with E-state index in [4.69, 9.17) is 4.74 Å². The third-order valence-corrected chi connectivity index (χ3v) is 4.28. The summed E-state index contributed by atoms with van der Waals surface area (Å²) in [6.07, 6.45) is 7.40. The number of aromatic nitrogens is 2. The Hall–Kier alpha value is -1.56. The number of ether oxygens (including phenoxy) is 1. The first-order chi connectivity index (χ1) is 9.53. The second-order valence-corrected chi connectivity index (χ2v) is 6.24. The first-order valence-corrected chi connectivity index (χ1v) is 7.22. The van der Waals surface area contributed by atoms with Crippen LogP contribution in [0.2, 0.25) is 0 Å². The minimum absolute atomic E-state index is 0.0112. The first kappa shape index (κ1) is 13.4. The molecule has 110 valence electrons. The van der Waals surface area contributed by atoms with Gasteiger partial charge in [0.05, 0.1) is 24.0 Å². The molecule has 2 fully saturated rings. The molecular formula is C14H21N3O3. The van der Waals surface area contributed by atoms with Crippen LogP contribution in [0.15, 0.2) is 12.4 Å². The molecule has 0 spiro atoms. The van der Waals surface area contributed by atoms with E-state index < -0.39 is 5.60 Å². The maximum atomic E-state index is 12.1. The normalized spacial score (nSPS) is 36.4. The molecule has 6 nitrogen and oxygen atoms in total. The molecular weight excluding hydrogens is 258 g/mol. The highest BCUT2D eigenvalue weighted by Gasteiger charge is 2.43. The SMILES string of the molecule is CC1(O)CC(C(=O)N[C@H]2CCC[C@H]2Oc2cn[nH]c2)C1. The van der Waals surface area contributed by atoms with Gasteiger partial charge in [0.25, 0.3) is 0 Å². The molecule has 6 heteroatoms. The van der Waals surface area contributed by atoms with Crippen LogP contribution in [0.25, 0.3) is 0 Å². The van der Waals surface area contributed by atoms with E-state index in [1.165, 1.54) is 0 Å². The fourth-order valence-corrected chi connectivity index (χ4v) is 3.20. The highest BCUT2D eigenvalue weighted by atomic mass is 16.5. The van der Waals surface area contributed by atoms with Crippen molar-refractivity contribution in [3.05, 3.63) is 12.4 Å². The highest BCUT2D eigenvalue weighted by Crippen LogP contribution is 2.37. The Bertz CT molecular complexity index is 464. The molecule has 2 atom stereocenters. The van der Waals surface area contributed by atoms with Crippen molar-refractivity contribution in [2.75, 3.05) is 0 Å². The summed E-state index contributed by atoms with van der Waals surface area (Å²) in [4.78, 5) is 12.1. The lowest BCUT2D eigenvalue weighted by Crippen LogP contribution is -2.52. The number of carbonyl (C=O) groups is 1. The molecule has 0 saturated heterocycles. The lowest BCUT2D eigenvalue weighted by molar-refractivity contribution is -0.140. The van der Waals surface area contributed by atoms with E-state index >= 15 is 0 Å². The van der Waals surface area contributed by atoms with Crippen LogP contribution < -0.4 is 10.1 Å². The standard InChI is InChI=1S/C14H21N3O3/c1-14(19)5-9(6-14)13(18)17-11-3-2-4-12(11)20-10-7-15-16-8-10/h7-9,11-12,19H,2-6H2,1H3,(H,15,16)(H,17,18)/t9?,11-,12+,14?/m0/s1. The van der Waals surface area contributed by atoms with Gasteiger partial charge in [-0.1, -0.05) is 0 Å². The van der Waals surface area contributed by atoms with Crippen molar-refractivity contribution < 1.29 is 14.6 Å². The number of aliphatic hydroxyl groups is 1. The third-order valence-electron chi connectivity index (χ3n) is 4.28. The van der Waals surface area contributed by atoms with Gasteiger partial charge in [0.15, 0.2) is 5.75 Å². The molecule has 1 aromatic heterocycles. The average Bonchev–Trinajstić information content (AvgIpc) is 2.99. The smallest absolute Gasteiger partial charge is 0.223 e. The van der Waals surface area contributed by atoms with Crippen LogP contribution in [0.5, 0.6) is 5.75 Å². The minimum Gasteiger partial charge on any atom is -0.485 e. The quantitative estimate of drug-likeness (QED) is 0.767. The molecule has 2 saturated carbocycles. The van der Waals surface area contributed by atoms with Gasteiger partial charge in [-0.2, -0.15) is 5.10 Å². The van der Waals surface area contributed by atoms with Crippen molar-refractivity contribution >= 4 is 5.91 Å². The molecule has 3 N–H and O–H groups in total. The lowest BCUT2D eigenvalue weighted by atomic mass is 9.71. The predicted molar refractivity (Wildman–Crippen MR) is 72.1 cm³/mol. The maximum Gasteiger partial charge on any atom is 0.223 e. The fourth-order valence-electron chi connectivity index (χ4n) is 3.20. The molecule has 2 aliphatic carbocycles. The number of hydrogen-bond acceptors (Lipinski definition) is 4. The van der Waals surface area contributed by atoms with Crippen molar-refractivity contribution in [3.8, 4) is 5.75 Å². The number of H-pyrrole nitrogens is 1. The van der Waals surface area contributed by atoms with Gasteiger partial charge in [0.1, 0.15) is 6.10 Å². The number of nitrogens with one attached hydrogen (secondary N) is 2. The number of rotatable bonds is 4. The number of nitrogens with zero attached hydrogens (tertiary/aromatic N) is 1. The van der Waals surface area contributed by atoms with Crippen LogP contribution in [0.1, 0.15) is 39.0 Å². The van der Waals surface area contributed by atoms with Crippen molar-refractivity contribution in [2.24, 2.45) is 5.92 Å². The van der Waals surface area contributed by atoms with Crippen molar-refractivity contribution in [3.63, 3.8) is 0 Å². The maximum absolute atomic E-state index is 12.1. The fraction of sp³-hybridized carbons (Fsp3) is 0.714. The first-order valence-electron chi connectivity index (χ1n) is 7.22. The molecule has 0 aromatic carbocycles. The Kier molecular flexibility index (Phi) is 3.41. The van der Waals surface area contributed by atoms with Gasteiger partial charge in [0, 0.05) is 5.92 Å². The zero-order valence-electron chi connectivity index (χ0n) is 11.6. The summed E-state index contributed by atoms with van der Waals surface area (Å²) in [6, 6.07) is 0.0583. The average molecular weight is 279 g/mol. The number of hydrogen-bond donors (Lipinski definition) is 3. The molecule has 3 rings (SSSR count). The molecule has 1 aromatic rings. The van der Waals surface area contributed by atoms with Gasteiger partial charge < -0.3 is 15.2 Å². The second kappa shape index (κ2) is 5.09. The van der Waals surface area contributed by atoms with Crippen LogP contribution in [0, 0.1) is 5.92 Å². The van der Waals surface area contributed by atoms with Gasteiger partial charge in [-0.3, -0.25) is 9.89 Å². The van der Waals surface area contributed by atoms with Crippen LogP contribution >= 0.6 is 0 Å². The Morgan fingerprint density at radius 2 is 2.35 bits per heavy atom. The monoisotopic (exact) mass is 279 g/mol. The number of amides is 1. The van der Waals surface area contributed by atoms with Crippen molar-refractivity contribution in [2.45, 2.75) is 56.8 Å². The summed E-state index contributed by atoms with van der Waals surface area (Å²) in [5, 5.41) is 19.3. The molecule has 0 bridgehead atoms. The molecule has 20 heavy (non-hydrogen) atoms. The van der Waals surface area contributed by atoms with Crippen molar-refractivity contribution in [1.82, 2.24) is 15.5 Å². The summed E-state index contributed by atoms with van der Waals surface area (Å²) in [5.41, 5.74) is -0.662. The molecule has 2 aliphatic rings. The summed E-state index contributed by atoms with van der Waals surface area (Å²) >= 11 is 0. The van der Waals surface area contributed by atoms with E-state index in [9.17, 15) is 9.90 Å². The van der Waals surface area contributed by atoms with E-state index in [0.29, 0.717) is 18.6 Å². The zero-order chi connectivity index (χ0) is 14.2. The van der Waals surface area contributed by atoms with Gasteiger partial charge in [-0.05, 0) is 39.0 Å². The van der Waals surface area contributed by atoms with E-state index in [0.717, 1.165) is 19.3 Å². The van der Waals surface area contributed by atoms with Gasteiger partial charge >= 0.3 is 0 Å². The predicted octanol–water partition coefficient (Wildman–Crippen LogP) is 0.987. The largest absolute Gasteiger partial charge is 0.485 e. The molecule has 1 heterocycles. The molecule has 0 unspecified atom stereocenters. The molecule has 0 radical (unpaired) electrons. The molecule has 1 amide bonds. The number of aromatic amines is 1. The van der Waals surface area contributed by atoms with E-state index in [1.807, 2.05) is 0 Å². The van der Waals surface area contributed by atoms with E-state index in [1.54, 1.807) is 19.3 Å². The van der Waals surface area contributed by atoms with Crippen molar-refractivity contribution in [1.29, 1.82) is 0 Å². The second-order valence-electron chi connectivity index (χ2n) is 6.24. The third kappa shape index (κ3) is 2.80. The summed E-state index contributed by atoms with van der Waals surface area (Å²) in [6.45, 7) is 1.77. The van der Waals surface area contributed by atoms with E-state index in [2.05, 4.69) is 15.5 Å².